The van der Waals surface area contributed by atoms with Crippen molar-refractivity contribution in [1.29, 1.82) is 0 Å². The number of aryl methyl sites for hydroxylation is 1. The second kappa shape index (κ2) is 8.71. The van der Waals surface area contributed by atoms with Crippen LogP contribution in [0.2, 0.25) is 5.02 Å². The van der Waals surface area contributed by atoms with Crippen molar-refractivity contribution in [3.63, 3.8) is 0 Å². The summed E-state index contributed by atoms with van der Waals surface area (Å²) in [4.78, 5) is 26.8. The predicted octanol–water partition coefficient (Wildman–Crippen LogP) is 4.93. The van der Waals surface area contributed by atoms with Gasteiger partial charge in [0.1, 0.15) is 17.1 Å². The molecule has 1 aromatic heterocycles. The van der Waals surface area contributed by atoms with Crippen LogP contribution in [0, 0.1) is 6.92 Å². The zero-order valence-electron chi connectivity index (χ0n) is 15.8. The van der Waals surface area contributed by atoms with Gasteiger partial charge in [-0.2, -0.15) is 0 Å². The van der Waals surface area contributed by atoms with E-state index in [0.717, 1.165) is 15.7 Å². The number of rotatable bonds is 6. The summed E-state index contributed by atoms with van der Waals surface area (Å²) in [6.07, 6.45) is 0. The molecule has 0 unspecified atom stereocenters. The summed E-state index contributed by atoms with van der Waals surface area (Å²) >= 11 is 7.79. The molecule has 1 amide bonds. The standard InChI is InChI=1S/C21H20ClNO4S/c1-13-16(21(25)26-3)10-15(27-13)11-23(2)19(24)12-28-18-9-5-7-14-6-4-8-17(22)20(14)18/h4-10H,11-12H2,1-3H3. The number of hydrogen-bond donors (Lipinski definition) is 0. The van der Waals surface area contributed by atoms with E-state index in [9.17, 15) is 9.59 Å². The molecule has 146 valence electrons. The Morgan fingerprint density at radius 1 is 1.21 bits per heavy atom. The van der Waals surface area contributed by atoms with E-state index in [1.807, 2.05) is 36.4 Å². The van der Waals surface area contributed by atoms with E-state index in [1.165, 1.54) is 18.9 Å². The van der Waals surface area contributed by atoms with Crippen LogP contribution < -0.4 is 0 Å². The Kier molecular flexibility index (Phi) is 6.31. The third kappa shape index (κ3) is 4.34. The van der Waals surface area contributed by atoms with Gasteiger partial charge in [-0.3, -0.25) is 4.79 Å². The van der Waals surface area contributed by atoms with Crippen molar-refractivity contribution >= 4 is 46.0 Å². The zero-order chi connectivity index (χ0) is 20.3. The Balaban J connectivity index is 1.67. The summed E-state index contributed by atoms with van der Waals surface area (Å²) in [6, 6.07) is 13.3. The van der Waals surface area contributed by atoms with E-state index >= 15 is 0 Å². The molecule has 0 bridgehead atoms. The summed E-state index contributed by atoms with van der Waals surface area (Å²) in [6.45, 7) is 1.96. The number of fused-ring (bicyclic) bond motifs is 1. The van der Waals surface area contributed by atoms with Gasteiger partial charge in [-0.05, 0) is 30.5 Å². The fourth-order valence-electron chi connectivity index (χ4n) is 2.89. The largest absolute Gasteiger partial charge is 0.465 e. The number of carbonyl (C=O) groups excluding carboxylic acids is 2. The molecule has 2 aromatic carbocycles. The van der Waals surface area contributed by atoms with Gasteiger partial charge in [0.25, 0.3) is 0 Å². The Labute approximate surface area is 172 Å². The molecule has 1 heterocycles. The molecule has 0 aliphatic rings. The SMILES string of the molecule is COC(=O)c1cc(CN(C)C(=O)CSc2cccc3cccc(Cl)c23)oc1C. The van der Waals surface area contributed by atoms with Crippen molar-refractivity contribution in [2.24, 2.45) is 0 Å². The third-order valence-corrected chi connectivity index (χ3v) is 5.72. The van der Waals surface area contributed by atoms with Gasteiger partial charge in [0.15, 0.2) is 0 Å². The summed E-state index contributed by atoms with van der Waals surface area (Å²) < 4.78 is 10.3. The molecule has 3 aromatic rings. The van der Waals surface area contributed by atoms with Crippen molar-refractivity contribution in [3.8, 4) is 0 Å². The summed E-state index contributed by atoms with van der Waals surface area (Å²) in [7, 11) is 3.02. The Morgan fingerprint density at radius 3 is 2.64 bits per heavy atom. The lowest BCUT2D eigenvalue weighted by molar-refractivity contribution is -0.127. The quantitative estimate of drug-likeness (QED) is 0.420. The minimum Gasteiger partial charge on any atom is -0.465 e. The molecular weight excluding hydrogens is 398 g/mol. The number of halogens is 1. The number of hydrogen-bond acceptors (Lipinski definition) is 5. The van der Waals surface area contributed by atoms with Gasteiger partial charge in [0.2, 0.25) is 5.91 Å². The summed E-state index contributed by atoms with van der Waals surface area (Å²) in [5.41, 5.74) is 0.373. The van der Waals surface area contributed by atoms with Crippen LogP contribution in [-0.2, 0) is 16.1 Å². The number of esters is 1. The molecule has 5 nitrogen and oxygen atoms in total. The number of carbonyl (C=O) groups is 2. The topological polar surface area (TPSA) is 59.8 Å². The van der Waals surface area contributed by atoms with Crippen molar-refractivity contribution in [3.05, 3.63) is 64.6 Å². The van der Waals surface area contributed by atoms with Crippen LogP contribution in [-0.4, -0.2) is 36.7 Å². The van der Waals surface area contributed by atoms with Crippen molar-refractivity contribution in [2.75, 3.05) is 19.9 Å². The van der Waals surface area contributed by atoms with E-state index in [1.54, 1.807) is 24.9 Å². The molecule has 3 rings (SSSR count). The molecule has 0 saturated heterocycles. The van der Waals surface area contributed by atoms with Gasteiger partial charge in [-0.15, -0.1) is 11.8 Å². The normalized spacial score (nSPS) is 10.9. The van der Waals surface area contributed by atoms with E-state index in [4.69, 9.17) is 20.8 Å². The highest BCUT2D eigenvalue weighted by molar-refractivity contribution is 8.00. The second-order valence-electron chi connectivity index (χ2n) is 6.31. The number of methoxy groups -OCH3 is 1. The van der Waals surface area contributed by atoms with Crippen LogP contribution in [0.3, 0.4) is 0 Å². The first-order valence-corrected chi connectivity index (χ1v) is 9.98. The summed E-state index contributed by atoms with van der Waals surface area (Å²) in [5, 5.41) is 2.67. The first kappa shape index (κ1) is 20.3. The smallest absolute Gasteiger partial charge is 0.341 e. The lowest BCUT2D eigenvalue weighted by Crippen LogP contribution is -2.27. The average molecular weight is 418 g/mol. The predicted molar refractivity (Wildman–Crippen MR) is 111 cm³/mol. The van der Waals surface area contributed by atoms with Gasteiger partial charge >= 0.3 is 5.97 Å². The fourth-order valence-corrected chi connectivity index (χ4v) is 4.27. The number of thioether (sulfide) groups is 1. The molecule has 7 heteroatoms. The molecule has 0 saturated carbocycles. The maximum atomic E-state index is 12.6. The van der Waals surface area contributed by atoms with E-state index in [-0.39, 0.29) is 18.2 Å². The minimum atomic E-state index is -0.454. The highest BCUT2D eigenvalue weighted by Crippen LogP contribution is 2.33. The number of amides is 1. The number of nitrogens with zero attached hydrogens (tertiary/aromatic N) is 1. The molecule has 0 spiro atoms. The van der Waals surface area contributed by atoms with Crippen molar-refractivity contribution in [1.82, 2.24) is 4.90 Å². The first-order valence-electron chi connectivity index (χ1n) is 8.62. The number of benzene rings is 2. The van der Waals surface area contributed by atoms with Gasteiger partial charge in [0, 0.05) is 22.4 Å². The number of furan rings is 1. The second-order valence-corrected chi connectivity index (χ2v) is 7.73. The van der Waals surface area contributed by atoms with Crippen LogP contribution in [0.5, 0.6) is 0 Å². The zero-order valence-corrected chi connectivity index (χ0v) is 17.4. The van der Waals surface area contributed by atoms with Gasteiger partial charge in [-0.25, -0.2) is 4.79 Å². The molecule has 0 aliphatic carbocycles. The third-order valence-electron chi connectivity index (χ3n) is 4.36. The Bertz CT molecular complexity index is 1030. The minimum absolute atomic E-state index is 0.0530. The lowest BCUT2D eigenvalue weighted by atomic mass is 10.1. The van der Waals surface area contributed by atoms with Crippen LogP contribution in [0.25, 0.3) is 10.8 Å². The van der Waals surface area contributed by atoms with E-state index in [2.05, 4.69) is 0 Å². The number of ether oxygens (including phenoxy) is 1. The van der Waals surface area contributed by atoms with E-state index in [0.29, 0.717) is 22.1 Å². The Morgan fingerprint density at radius 2 is 1.93 bits per heavy atom. The summed E-state index contributed by atoms with van der Waals surface area (Å²) in [5.74, 6) is 0.770. The van der Waals surface area contributed by atoms with Crippen LogP contribution >= 0.6 is 23.4 Å². The average Bonchev–Trinajstić information content (AvgIpc) is 3.05. The molecule has 0 radical (unpaired) electrons. The van der Waals surface area contributed by atoms with Crippen LogP contribution in [0.1, 0.15) is 21.9 Å². The van der Waals surface area contributed by atoms with Gasteiger partial charge < -0.3 is 14.1 Å². The molecule has 28 heavy (non-hydrogen) atoms. The molecule has 0 atom stereocenters. The Hall–Kier alpha value is -2.44. The maximum absolute atomic E-state index is 12.6. The molecule has 0 N–H and O–H groups in total. The first-order chi connectivity index (χ1) is 13.4. The van der Waals surface area contributed by atoms with Crippen LogP contribution in [0.4, 0.5) is 0 Å². The van der Waals surface area contributed by atoms with E-state index < -0.39 is 5.97 Å². The van der Waals surface area contributed by atoms with Gasteiger partial charge in [-0.1, -0.05) is 35.9 Å². The highest BCUT2D eigenvalue weighted by atomic mass is 35.5. The highest BCUT2D eigenvalue weighted by Gasteiger charge is 2.18. The molecule has 0 aliphatic heterocycles. The van der Waals surface area contributed by atoms with Gasteiger partial charge in [0.05, 0.1) is 19.4 Å². The van der Waals surface area contributed by atoms with Crippen LogP contribution in [0.15, 0.2) is 51.8 Å². The molecular formula is C21H20ClNO4S. The monoisotopic (exact) mass is 417 g/mol. The van der Waals surface area contributed by atoms with Crippen molar-refractivity contribution < 1.29 is 18.7 Å². The fraction of sp³-hybridized carbons (Fsp3) is 0.238. The molecule has 0 fully saturated rings. The maximum Gasteiger partial charge on any atom is 0.341 e. The lowest BCUT2D eigenvalue weighted by Gasteiger charge is -2.16. The van der Waals surface area contributed by atoms with Crippen molar-refractivity contribution in [2.45, 2.75) is 18.4 Å².